The van der Waals surface area contributed by atoms with Crippen molar-refractivity contribution in [2.24, 2.45) is 0 Å². The molecule has 0 aromatic heterocycles. The molecule has 1 fully saturated rings. The average molecular weight is 253 g/mol. The van der Waals surface area contributed by atoms with E-state index in [1.165, 1.54) is 12.1 Å². The molecule has 1 N–H and O–H groups in total. The molecule has 2 rings (SSSR count). The molecule has 1 heterocycles. The molecule has 0 radical (unpaired) electrons. The molecule has 0 amide bonds. The van der Waals surface area contributed by atoms with Crippen LogP contribution in [0, 0.1) is 5.82 Å². The topological polar surface area (TPSA) is 47.6 Å². The summed E-state index contributed by atoms with van der Waals surface area (Å²) in [6.07, 6.45) is -0.0348. The van der Waals surface area contributed by atoms with E-state index in [0.717, 1.165) is 6.54 Å². The van der Waals surface area contributed by atoms with Gasteiger partial charge in [0.25, 0.3) is 0 Å². The predicted molar refractivity (Wildman–Crippen MR) is 63.8 cm³/mol. The summed E-state index contributed by atoms with van der Waals surface area (Å²) >= 11 is 0. The first-order valence-corrected chi connectivity index (χ1v) is 6.03. The molecular weight excluding hydrogens is 237 g/mol. The summed E-state index contributed by atoms with van der Waals surface area (Å²) in [4.78, 5) is 11.3. The lowest BCUT2D eigenvalue weighted by atomic mass is 10.2. The van der Waals surface area contributed by atoms with Gasteiger partial charge in [0.15, 0.2) is 6.10 Å². The molecule has 1 aliphatic heterocycles. The highest BCUT2D eigenvalue weighted by molar-refractivity contribution is 5.76. The molecule has 0 aliphatic carbocycles. The fourth-order valence-corrected chi connectivity index (χ4v) is 1.80. The summed E-state index contributed by atoms with van der Waals surface area (Å²) in [7, 11) is 0. The molecule has 1 aromatic rings. The molecule has 0 bridgehead atoms. The molecule has 1 unspecified atom stereocenters. The maximum absolute atomic E-state index is 13.2. The Morgan fingerprint density at radius 1 is 1.56 bits per heavy atom. The van der Waals surface area contributed by atoms with Crippen LogP contribution in [-0.4, -0.2) is 25.2 Å². The number of hydrogen-bond donors (Lipinski definition) is 1. The smallest absolute Gasteiger partial charge is 0.347 e. The summed E-state index contributed by atoms with van der Waals surface area (Å²) in [6.45, 7) is 3.63. The SMILES string of the molecule is CCNCc1cc(F)ccc1OC1CCOC1=O. The van der Waals surface area contributed by atoms with Gasteiger partial charge in [-0.05, 0) is 24.7 Å². The number of nitrogens with one attached hydrogen (secondary N) is 1. The van der Waals surface area contributed by atoms with Gasteiger partial charge in [-0.15, -0.1) is 0 Å². The van der Waals surface area contributed by atoms with Crippen molar-refractivity contribution in [3.05, 3.63) is 29.6 Å². The van der Waals surface area contributed by atoms with E-state index in [2.05, 4.69) is 5.32 Å². The van der Waals surface area contributed by atoms with Crippen LogP contribution in [0.3, 0.4) is 0 Å². The van der Waals surface area contributed by atoms with Crippen LogP contribution in [-0.2, 0) is 16.1 Å². The Bertz CT molecular complexity index is 436. The predicted octanol–water partition coefficient (Wildman–Crippen LogP) is 1.63. The molecule has 4 nitrogen and oxygen atoms in total. The number of ether oxygens (including phenoxy) is 2. The van der Waals surface area contributed by atoms with Crippen molar-refractivity contribution in [3.8, 4) is 5.75 Å². The van der Waals surface area contributed by atoms with Gasteiger partial charge in [0.05, 0.1) is 6.61 Å². The number of rotatable bonds is 5. The van der Waals surface area contributed by atoms with Crippen LogP contribution in [0.4, 0.5) is 4.39 Å². The molecule has 0 spiro atoms. The maximum Gasteiger partial charge on any atom is 0.347 e. The van der Waals surface area contributed by atoms with Gasteiger partial charge < -0.3 is 14.8 Å². The Balaban J connectivity index is 2.12. The van der Waals surface area contributed by atoms with Crippen LogP contribution in [0.25, 0.3) is 0 Å². The molecule has 1 aromatic carbocycles. The summed E-state index contributed by atoms with van der Waals surface area (Å²) in [5.74, 6) is -0.140. The van der Waals surface area contributed by atoms with E-state index in [1.807, 2.05) is 6.92 Å². The number of carbonyl (C=O) groups excluding carboxylic acids is 1. The Morgan fingerprint density at radius 3 is 3.06 bits per heavy atom. The van der Waals surface area contributed by atoms with Crippen LogP contribution >= 0.6 is 0 Å². The number of carbonyl (C=O) groups is 1. The van der Waals surface area contributed by atoms with Crippen molar-refractivity contribution in [3.63, 3.8) is 0 Å². The highest BCUT2D eigenvalue weighted by Gasteiger charge is 2.29. The fraction of sp³-hybridized carbons (Fsp3) is 0.462. The minimum absolute atomic E-state index is 0.316. The van der Waals surface area contributed by atoms with Gasteiger partial charge in [0, 0.05) is 18.5 Å². The largest absolute Gasteiger partial charge is 0.478 e. The van der Waals surface area contributed by atoms with E-state index in [4.69, 9.17) is 9.47 Å². The van der Waals surface area contributed by atoms with Crippen molar-refractivity contribution >= 4 is 5.97 Å². The summed E-state index contributed by atoms with van der Waals surface area (Å²) < 4.78 is 23.6. The number of cyclic esters (lactones) is 1. The van der Waals surface area contributed by atoms with E-state index in [9.17, 15) is 9.18 Å². The maximum atomic E-state index is 13.2. The van der Waals surface area contributed by atoms with E-state index in [0.29, 0.717) is 30.9 Å². The first-order valence-electron chi connectivity index (χ1n) is 6.03. The summed E-state index contributed by atoms with van der Waals surface area (Å²) in [5, 5.41) is 3.11. The summed E-state index contributed by atoms with van der Waals surface area (Å²) in [5.41, 5.74) is 0.705. The molecule has 5 heteroatoms. The van der Waals surface area contributed by atoms with Gasteiger partial charge in [-0.2, -0.15) is 0 Å². The minimum Gasteiger partial charge on any atom is -0.478 e. The van der Waals surface area contributed by atoms with Gasteiger partial charge in [-0.25, -0.2) is 9.18 Å². The number of halogens is 1. The fourth-order valence-electron chi connectivity index (χ4n) is 1.80. The monoisotopic (exact) mass is 253 g/mol. The van der Waals surface area contributed by atoms with Crippen LogP contribution in [0.5, 0.6) is 5.75 Å². The second kappa shape index (κ2) is 5.82. The van der Waals surface area contributed by atoms with E-state index < -0.39 is 6.10 Å². The number of esters is 1. The van der Waals surface area contributed by atoms with Gasteiger partial charge in [0.1, 0.15) is 11.6 Å². The van der Waals surface area contributed by atoms with Crippen LogP contribution in [0.1, 0.15) is 18.9 Å². The second-order valence-corrected chi connectivity index (χ2v) is 4.10. The van der Waals surface area contributed by atoms with Crippen molar-refractivity contribution in [2.75, 3.05) is 13.2 Å². The summed E-state index contributed by atoms with van der Waals surface area (Å²) in [6, 6.07) is 4.29. The van der Waals surface area contributed by atoms with Crippen molar-refractivity contribution in [1.82, 2.24) is 5.32 Å². The lowest BCUT2D eigenvalue weighted by Crippen LogP contribution is -2.23. The first kappa shape index (κ1) is 12.8. The van der Waals surface area contributed by atoms with Gasteiger partial charge in [-0.3, -0.25) is 0 Å². The lowest BCUT2D eigenvalue weighted by Gasteiger charge is -2.14. The van der Waals surface area contributed by atoms with Gasteiger partial charge >= 0.3 is 5.97 Å². The third-order valence-corrected chi connectivity index (χ3v) is 2.74. The zero-order valence-corrected chi connectivity index (χ0v) is 10.2. The number of hydrogen-bond acceptors (Lipinski definition) is 4. The molecular formula is C13H16FNO3. The second-order valence-electron chi connectivity index (χ2n) is 4.10. The Labute approximate surface area is 105 Å². The minimum atomic E-state index is -0.573. The Hall–Kier alpha value is -1.62. The number of benzene rings is 1. The molecule has 1 atom stereocenters. The van der Waals surface area contributed by atoms with Gasteiger partial charge in [-0.1, -0.05) is 6.92 Å². The van der Waals surface area contributed by atoms with E-state index in [-0.39, 0.29) is 11.8 Å². The van der Waals surface area contributed by atoms with Crippen LogP contribution in [0.2, 0.25) is 0 Å². The Kier molecular flexibility index (Phi) is 4.15. The molecule has 98 valence electrons. The molecule has 1 aliphatic rings. The van der Waals surface area contributed by atoms with Crippen LogP contribution < -0.4 is 10.1 Å². The molecule has 0 saturated carbocycles. The third-order valence-electron chi connectivity index (χ3n) is 2.74. The normalized spacial score (nSPS) is 18.8. The highest BCUT2D eigenvalue weighted by Crippen LogP contribution is 2.23. The molecule has 18 heavy (non-hydrogen) atoms. The lowest BCUT2D eigenvalue weighted by molar-refractivity contribution is -0.143. The zero-order chi connectivity index (χ0) is 13.0. The quantitative estimate of drug-likeness (QED) is 0.810. The van der Waals surface area contributed by atoms with Crippen molar-refractivity contribution in [1.29, 1.82) is 0 Å². The van der Waals surface area contributed by atoms with E-state index in [1.54, 1.807) is 6.07 Å². The first-order chi connectivity index (χ1) is 8.70. The Morgan fingerprint density at radius 2 is 2.39 bits per heavy atom. The van der Waals surface area contributed by atoms with Gasteiger partial charge in [0.2, 0.25) is 0 Å². The van der Waals surface area contributed by atoms with Crippen LogP contribution in [0.15, 0.2) is 18.2 Å². The standard InChI is InChI=1S/C13H16FNO3/c1-2-15-8-9-7-10(14)3-4-11(9)18-12-5-6-17-13(12)16/h3-4,7,12,15H,2,5-6,8H2,1H3. The highest BCUT2D eigenvalue weighted by atomic mass is 19.1. The van der Waals surface area contributed by atoms with Crippen molar-refractivity contribution in [2.45, 2.75) is 26.0 Å². The van der Waals surface area contributed by atoms with Crippen molar-refractivity contribution < 1.29 is 18.7 Å². The zero-order valence-electron chi connectivity index (χ0n) is 10.2. The average Bonchev–Trinajstić information content (AvgIpc) is 2.75. The van der Waals surface area contributed by atoms with E-state index >= 15 is 0 Å². The third kappa shape index (κ3) is 2.98. The molecule has 1 saturated heterocycles.